The summed E-state index contributed by atoms with van der Waals surface area (Å²) in [6.45, 7) is 0.248. The van der Waals surface area contributed by atoms with Crippen LogP contribution in [0.3, 0.4) is 0 Å². The van der Waals surface area contributed by atoms with Gasteiger partial charge in [0.15, 0.2) is 0 Å². The van der Waals surface area contributed by atoms with Crippen LogP contribution in [-0.2, 0) is 16.4 Å². The van der Waals surface area contributed by atoms with Crippen LogP contribution in [0.25, 0.3) is 0 Å². The van der Waals surface area contributed by atoms with Crippen molar-refractivity contribution in [2.24, 2.45) is 0 Å². The summed E-state index contributed by atoms with van der Waals surface area (Å²) in [5, 5.41) is 0. The average molecular weight is 351 g/mol. The molecular formula is C17H21NO5S. The summed E-state index contributed by atoms with van der Waals surface area (Å²) >= 11 is 0. The fourth-order valence-electron chi connectivity index (χ4n) is 2.30. The monoisotopic (exact) mass is 351 g/mol. The minimum absolute atomic E-state index is 0.0748. The van der Waals surface area contributed by atoms with Gasteiger partial charge in [0.05, 0.1) is 21.3 Å². The van der Waals surface area contributed by atoms with Gasteiger partial charge in [0, 0.05) is 12.6 Å². The summed E-state index contributed by atoms with van der Waals surface area (Å²) in [5.74, 6) is 1.50. The Balaban J connectivity index is 2.11. The molecule has 6 nitrogen and oxygen atoms in total. The van der Waals surface area contributed by atoms with Crippen LogP contribution in [0.2, 0.25) is 0 Å². The van der Waals surface area contributed by atoms with Gasteiger partial charge in [-0.15, -0.1) is 0 Å². The Hall–Kier alpha value is -2.25. The molecule has 0 heterocycles. The highest BCUT2D eigenvalue weighted by molar-refractivity contribution is 7.89. The third-order valence-corrected chi connectivity index (χ3v) is 5.04. The smallest absolute Gasteiger partial charge is 0.244 e. The number of para-hydroxylation sites is 1. The van der Waals surface area contributed by atoms with Gasteiger partial charge in [0.1, 0.15) is 22.1 Å². The van der Waals surface area contributed by atoms with Crippen LogP contribution in [0.4, 0.5) is 0 Å². The van der Waals surface area contributed by atoms with E-state index in [1.165, 1.54) is 26.4 Å². The van der Waals surface area contributed by atoms with E-state index in [2.05, 4.69) is 4.72 Å². The molecule has 1 N–H and O–H groups in total. The van der Waals surface area contributed by atoms with Crippen molar-refractivity contribution in [3.8, 4) is 17.2 Å². The third-order valence-electron chi connectivity index (χ3n) is 3.54. The van der Waals surface area contributed by atoms with Gasteiger partial charge >= 0.3 is 0 Å². The average Bonchev–Trinajstić information content (AvgIpc) is 2.61. The quantitative estimate of drug-likeness (QED) is 0.789. The number of benzene rings is 2. The summed E-state index contributed by atoms with van der Waals surface area (Å²) in [5.41, 5.74) is 0.935. The summed E-state index contributed by atoms with van der Waals surface area (Å²) in [6.07, 6.45) is 0.516. The predicted octanol–water partition coefficient (Wildman–Crippen LogP) is 2.23. The van der Waals surface area contributed by atoms with Gasteiger partial charge in [-0.3, -0.25) is 0 Å². The number of ether oxygens (including phenoxy) is 3. The third kappa shape index (κ3) is 4.18. The first-order valence-electron chi connectivity index (χ1n) is 7.35. The first kappa shape index (κ1) is 18.1. The van der Waals surface area contributed by atoms with Gasteiger partial charge in [0.2, 0.25) is 10.0 Å². The molecule has 24 heavy (non-hydrogen) atoms. The van der Waals surface area contributed by atoms with Crippen molar-refractivity contribution in [1.82, 2.24) is 4.72 Å². The molecule has 0 spiro atoms. The van der Waals surface area contributed by atoms with E-state index in [9.17, 15) is 8.42 Å². The number of sulfonamides is 1. The lowest BCUT2D eigenvalue weighted by Gasteiger charge is -2.12. The van der Waals surface area contributed by atoms with E-state index in [4.69, 9.17) is 14.2 Å². The molecule has 0 aliphatic rings. The van der Waals surface area contributed by atoms with Crippen molar-refractivity contribution in [3.63, 3.8) is 0 Å². The lowest BCUT2D eigenvalue weighted by molar-refractivity contribution is 0.386. The van der Waals surface area contributed by atoms with Crippen molar-refractivity contribution in [2.45, 2.75) is 11.3 Å². The lowest BCUT2D eigenvalue weighted by Crippen LogP contribution is -2.26. The number of hydrogen-bond donors (Lipinski definition) is 1. The molecule has 2 aromatic carbocycles. The molecule has 0 saturated heterocycles. The zero-order valence-electron chi connectivity index (χ0n) is 13.9. The molecule has 2 aromatic rings. The fraction of sp³-hybridized carbons (Fsp3) is 0.294. The number of hydrogen-bond acceptors (Lipinski definition) is 5. The predicted molar refractivity (Wildman–Crippen MR) is 91.4 cm³/mol. The molecule has 0 radical (unpaired) electrons. The van der Waals surface area contributed by atoms with Crippen molar-refractivity contribution < 1.29 is 22.6 Å². The maximum Gasteiger partial charge on any atom is 0.244 e. The molecule has 0 aliphatic heterocycles. The zero-order chi connectivity index (χ0) is 17.6. The highest BCUT2D eigenvalue weighted by atomic mass is 32.2. The van der Waals surface area contributed by atoms with E-state index in [1.807, 2.05) is 24.3 Å². The van der Waals surface area contributed by atoms with Crippen molar-refractivity contribution in [2.75, 3.05) is 27.9 Å². The first-order valence-corrected chi connectivity index (χ1v) is 8.83. The molecule has 130 valence electrons. The Labute approximate surface area is 142 Å². The molecule has 0 fully saturated rings. The van der Waals surface area contributed by atoms with E-state index in [-0.39, 0.29) is 17.2 Å². The second-order valence-corrected chi connectivity index (χ2v) is 6.71. The maximum absolute atomic E-state index is 12.5. The summed E-state index contributed by atoms with van der Waals surface area (Å²) in [6, 6.07) is 12.1. The molecule has 2 rings (SSSR count). The van der Waals surface area contributed by atoms with Crippen LogP contribution in [0, 0.1) is 0 Å². The highest BCUT2D eigenvalue weighted by Crippen LogP contribution is 2.28. The Morgan fingerprint density at radius 2 is 1.62 bits per heavy atom. The lowest BCUT2D eigenvalue weighted by atomic mass is 10.1. The fourth-order valence-corrected chi connectivity index (χ4v) is 3.48. The van der Waals surface area contributed by atoms with Crippen LogP contribution in [0.1, 0.15) is 5.56 Å². The van der Waals surface area contributed by atoms with Crippen LogP contribution < -0.4 is 18.9 Å². The number of nitrogens with one attached hydrogen (secondary N) is 1. The van der Waals surface area contributed by atoms with Gasteiger partial charge in [0.25, 0.3) is 0 Å². The molecule has 0 aliphatic carbocycles. The van der Waals surface area contributed by atoms with E-state index in [0.717, 1.165) is 11.3 Å². The van der Waals surface area contributed by atoms with Crippen molar-refractivity contribution in [3.05, 3.63) is 48.0 Å². The van der Waals surface area contributed by atoms with Gasteiger partial charge in [-0.1, -0.05) is 18.2 Å². The Kier molecular flexibility index (Phi) is 6.05. The molecule has 0 atom stereocenters. The molecule has 0 bridgehead atoms. The first-order chi connectivity index (χ1) is 11.5. The molecule has 0 amide bonds. The van der Waals surface area contributed by atoms with E-state index in [1.54, 1.807) is 13.2 Å². The highest BCUT2D eigenvalue weighted by Gasteiger charge is 2.19. The topological polar surface area (TPSA) is 73.9 Å². The van der Waals surface area contributed by atoms with E-state index >= 15 is 0 Å². The second-order valence-electron chi connectivity index (χ2n) is 4.98. The molecule has 7 heteroatoms. The normalized spacial score (nSPS) is 11.1. The number of methoxy groups -OCH3 is 3. The van der Waals surface area contributed by atoms with Crippen LogP contribution >= 0.6 is 0 Å². The largest absolute Gasteiger partial charge is 0.497 e. The van der Waals surface area contributed by atoms with Gasteiger partial charge in [-0.05, 0) is 30.2 Å². The van der Waals surface area contributed by atoms with Crippen LogP contribution in [-0.4, -0.2) is 36.3 Å². The summed E-state index contributed by atoms with van der Waals surface area (Å²) in [7, 11) is 0.827. The maximum atomic E-state index is 12.5. The Bertz CT molecular complexity index is 789. The van der Waals surface area contributed by atoms with Crippen LogP contribution in [0.5, 0.6) is 17.2 Å². The van der Waals surface area contributed by atoms with Gasteiger partial charge in [-0.2, -0.15) is 0 Å². The van der Waals surface area contributed by atoms with Crippen LogP contribution in [0.15, 0.2) is 47.4 Å². The minimum Gasteiger partial charge on any atom is -0.497 e. The standard InChI is InChI=1S/C17H21NO5S/c1-21-14-8-9-17(16(12-14)23-3)24(19,20)18-11-10-13-6-4-5-7-15(13)22-2/h4-9,12,18H,10-11H2,1-3H3. The molecular weight excluding hydrogens is 330 g/mol. The molecule has 0 saturated carbocycles. The van der Waals surface area contributed by atoms with E-state index < -0.39 is 10.0 Å². The SMILES string of the molecule is COc1ccc(S(=O)(=O)NCCc2ccccc2OC)c(OC)c1. The second kappa shape index (κ2) is 8.03. The van der Waals surface area contributed by atoms with Gasteiger partial charge < -0.3 is 14.2 Å². The summed E-state index contributed by atoms with van der Waals surface area (Å²) in [4.78, 5) is 0.0748. The van der Waals surface area contributed by atoms with E-state index in [0.29, 0.717) is 12.2 Å². The zero-order valence-corrected chi connectivity index (χ0v) is 14.7. The Morgan fingerprint density at radius 3 is 2.29 bits per heavy atom. The number of rotatable bonds is 8. The minimum atomic E-state index is -3.69. The Morgan fingerprint density at radius 1 is 0.917 bits per heavy atom. The summed E-state index contributed by atoms with van der Waals surface area (Å²) < 4.78 is 43.1. The molecule has 0 unspecified atom stereocenters. The van der Waals surface area contributed by atoms with Crippen molar-refractivity contribution in [1.29, 1.82) is 0 Å². The van der Waals surface area contributed by atoms with Gasteiger partial charge in [-0.25, -0.2) is 13.1 Å². The van der Waals surface area contributed by atoms with Crippen molar-refractivity contribution >= 4 is 10.0 Å². The molecule has 0 aromatic heterocycles.